The van der Waals surface area contributed by atoms with Crippen molar-refractivity contribution in [1.82, 2.24) is 15.1 Å². The van der Waals surface area contributed by atoms with Gasteiger partial charge in [0.25, 0.3) is 5.91 Å². The predicted octanol–water partition coefficient (Wildman–Crippen LogP) is 1.73. The van der Waals surface area contributed by atoms with E-state index in [4.69, 9.17) is 0 Å². The van der Waals surface area contributed by atoms with Crippen LogP contribution < -0.4 is 5.32 Å². The Balaban J connectivity index is 1.75. The Hall–Kier alpha value is -1.89. The van der Waals surface area contributed by atoms with E-state index in [1.165, 1.54) is 11.3 Å². The number of nitrogens with one attached hydrogen (secondary N) is 1. The van der Waals surface area contributed by atoms with Crippen LogP contribution in [0.25, 0.3) is 0 Å². The van der Waals surface area contributed by atoms with E-state index in [9.17, 15) is 14.4 Å². The summed E-state index contributed by atoms with van der Waals surface area (Å²) in [7, 11) is 0. The maximum atomic E-state index is 12.6. The summed E-state index contributed by atoms with van der Waals surface area (Å²) in [6.07, 6.45) is 3.43. The Bertz CT molecular complexity index is 632. The molecular formula is C18H25N3O3S. The van der Waals surface area contributed by atoms with Crippen LogP contribution in [0.1, 0.15) is 43.0 Å². The minimum Gasteiger partial charge on any atom is -0.354 e. The van der Waals surface area contributed by atoms with Gasteiger partial charge >= 0.3 is 0 Å². The summed E-state index contributed by atoms with van der Waals surface area (Å²) in [5.74, 6) is -0.106. The number of nitrogens with zero attached hydrogens (tertiary/aromatic N) is 2. The van der Waals surface area contributed by atoms with Crippen molar-refractivity contribution in [2.75, 3.05) is 26.2 Å². The molecule has 2 fully saturated rings. The van der Waals surface area contributed by atoms with Gasteiger partial charge in [0.05, 0.1) is 11.5 Å². The highest BCUT2D eigenvalue weighted by atomic mass is 32.1. The minimum absolute atomic E-state index is 0.00312. The molecular weight excluding hydrogens is 338 g/mol. The van der Waals surface area contributed by atoms with E-state index in [0.29, 0.717) is 31.7 Å². The Labute approximate surface area is 152 Å². The van der Waals surface area contributed by atoms with Gasteiger partial charge in [0.1, 0.15) is 0 Å². The molecule has 136 valence electrons. The van der Waals surface area contributed by atoms with E-state index < -0.39 is 0 Å². The van der Waals surface area contributed by atoms with Gasteiger partial charge in [-0.3, -0.25) is 14.4 Å². The summed E-state index contributed by atoms with van der Waals surface area (Å²) in [4.78, 5) is 40.9. The SMILES string of the molecule is CC(=O)N1CCCN(C(=O)c2ccsc2)CCNC(=O)[C@@H]2CCC[C@@H]21. The molecule has 1 aromatic rings. The summed E-state index contributed by atoms with van der Waals surface area (Å²) in [5, 5.41) is 6.71. The number of hydrogen-bond acceptors (Lipinski definition) is 4. The van der Waals surface area contributed by atoms with Crippen LogP contribution in [0, 0.1) is 5.92 Å². The molecule has 3 amide bonds. The van der Waals surface area contributed by atoms with E-state index in [-0.39, 0.29) is 29.7 Å². The molecule has 2 atom stereocenters. The maximum absolute atomic E-state index is 12.6. The fourth-order valence-corrected chi connectivity index (χ4v) is 4.57. The first-order valence-corrected chi connectivity index (χ1v) is 9.88. The van der Waals surface area contributed by atoms with Crippen LogP contribution in [0.15, 0.2) is 16.8 Å². The summed E-state index contributed by atoms with van der Waals surface area (Å²) in [6, 6.07) is 1.82. The monoisotopic (exact) mass is 363 g/mol. The van der Waals surface area contributed by atoms with Gasteiger partial charge in [-0.1, -0.05) is 6.42 Å². The quantitative estimate of drug-likeness (QED) is 0.826. The molecule has 0 unspecified atom stereocenters. The first kappa shape index (κ1) is 17.9. The lowest BCUT2D eigenvalue weighted by Gasteiger charge is -2.31. The molecule has 0 radical (unpaired) electrons. The average Bonchev–Trinajstić information content (AvgIpc) is 3.26. The zero-order valence-electron chi connectivity index (χ0n) is 14.6. The van der Waals surface area contributed by atoms with Crippen molar-refractivity contribution < 1.29 is 14.4 Å². The van der Waals surface area contributed by atoms with Gasteiger partial charge < -0.3 is 15.1 Å². The highest BCUT2D eigenvalue weighted by Gasteiger charge is 2.38. The Morgan fingerprint density at radius 2 is 2.04 bits per heavy atom. The molecule has 0 aromatic carbocycles. The van der Waals surface area contributed by atoms with Crippen LogP contribution in [-0.4, -0.2) is 59.7 Å². The van der Waals surface area contributed by atoms with Crippen LogP contribution >= 0.6 is 11.3 Å². The molecule has 2 aliphatic rings. The van der Waals surface area contributed by atoms with Crippen molar-refractivity contribution in [2.24, 2.45) is 5.92 Å². The highest BCUT2D eigenvalue weighted by Crippen LogP contribution is 2.30. The Morgan fingerprint density at radius 1 is 1.20 bits per heavy atom. The number of fused-ring (bicyclic) bond motifs is 1. The lowest BCUT2D eigenvalue weighted by Crippen LogP contribution is -2.46. The molecule has 1 aliphatic heterocycles. The zero-order chi connectivity index (χ0) is 17.8. The van der Waals surface area contributed by atoms with Gasteiger partial charge in [-0.25, -0.2) is 0 Å². The summed E-state index contributed by atoms with van der Waals surface area (Å²) in [6.45, 7) is 3.71. The van der Waals surface area contributed by atoms with E-state index in [2.05, 4.69) is 5.32 Å². The number of rotatable bonds is 1. The van der Waals surface area contributed by atoms with Crippen LogP contribution in [0.4, 0.5) is 0 Å². The second-order valence-corrected chi connectivity index (χ2v) is 7.55. The van der Waals surface area contributed by atoms with Crippen molar-refractivity contribution in [2.45, 2.75) is 38.6 Å². The lowest BCUT2D eigenvalue weighted by atomic mass is 10.0. The number of amides is 3. The Kier molecular flexibility index (Phi) is 5.73. The van der Waals surface area contributed by atoms with Crippen LogP contribution in [-0.2, 0) is 9.59 Å². The second-order valence-electron chi connectivity index (χ2n) is 6.77. The smallest absolute Gasteiger partial charge is 0.254 e. The summed E-state index contributed by atoms with van der Waals surface area (Å²) in [5.41, 5.74) is 0.687. The van der Waals surface area contributed by atoms with Crippen molar-refractivity contribution >= 4 is 29.1 Å². The maximum Gasteiger partial charge on any atom is 0.254 e. The van der Waals surface area contributed by atoms with Crippen LogP contribution in [0.2, 0.25) is 0 Å². The van der Waals surface area contributed by atoms with E-state index in [1.807, 2.05) is 21.7 Å². The summed E-state index contributed by atoms with van der Waals surface area (Å²) < 4.78 is 0. The largest absolute Gasteiger partial charge is 0.354 e. The van der Waals surface area contributed by atoms with Gasteiger partial charge in [-0.15, -0.1) is 0 Å². The van der Waals surface area contributed by atoms with Crippen molar-refractivity contribution in [3.63, 3.8) is 0 Å². The Morgan fingerprint density at radius 3 is 2.76 bits per heavy atom. The van der Waals surface area contributed by atoms with Crippen molar-refractivity contribution in [3.05, 3.63) is 22.4 Å². The van der Waals surface area contributed by atoms with E-state index in [1.54, 1.807) is 11.8 Å². The fourth-order valence-electron chi connectivity index (χ4n) is 3.94. The molecule has 0 bridgehead atoms. The minimum atomic E-state index is -0.122. The third kappa shape index (κ3) is 4.03. The van der Waals surface area contributed by atoms with Crippen molar-refractivity contribution in [1.29, 1.82) is 0 Å². The fraction of sp³-hybridized carbons (Fsp3) is 0.611. The van der Waals surface area contributed by atoms with Crippen LogP contribution in [0.3, 0.4) is 0 Å². The van der Waals surface area contributed by atoms with E-state index >= 15 is 0 Å². The molecule has 1 N–H and O–H groups in total. The molecule has 2 heterocycles. The number of thiophene rings is 1. The first-order valence-electron chi connectivity index (χ1n) is 8.94. The van der Waals surface area contributed by atoms with E-state index in [0.717, 1.165) is 25.7 Å². The highest BCUT2D eigenvalue weighted by molar-refractivity contribution is 7.08. The molecule has 6 nitrogen and oxygen atoms in total. The topological polar surface area (TPSA) is 69.7 Å². The van der Waals surface area contributed by atoms with Gasteiger partial charge in [0, 0.05) is 44.5 Å². The third-order valence-corrected chi connectivity index (χ3v) is 5.87. The van der Waals surface area contributed by atoms with Gasteiger partial charge in [-0.05, 0) is 30.7 Å². The molecule has 3 rings (SSSR count). The normalized spacial score (nSPS) is 25.1. The standard InChI is InChI=1S/C18H25N3O3S/c1-13(22)21-9-3-8-20(18(24)14-6-11-25-12-14)10-7-19-17(23)15-4-2-5-16(15)21/h6,11-12,15-16H,2-5,7-10H2,1H3,(H,19,23)/t15-,16+/m1/s1. The number of hydrogen-bond donors (Lipinski definition) is 1. The summed E-state index contributed by atoms with van der Waals surface area (Å²) >= 11 is 1.50. The lowest BCUT2D eigenvalue weighted by molar-refractivity contribution is -0.134. The predicted molar refractivity (Wildman–Crippen MR) is 96.4 cm³/mol. The molecule has 0 spiro atoms. The average molecular weight is 363 g/mol. The van der Waals surface area contributed by atoms with Gasteiger partial charge in [0.15, 0.2) is 0 Å². The van der Waals surface area contributed by atoms with Gasteiger partial charge in [-0.2, -0.15) is 11.3 Å². The third-order valence-electron chi connectivity index (χ3n) is 5.18. The molecule has 7 heteroatoms. The molecule has 1 saturated carbocycles. The van der Waals surface area contributed by atoms with Crippen LogP contribution in [0.5, 0.6) is 0 Å². The molecule has 1 aliphatic carbocycles. The zero-order valence-corrected chi connectivity index (χ0v) is 15.4. The molecule has 1 saturated heterocycles. The van der Waals surface area contributed by atoms with Gasteiger partial charge in [0.2, 0.25) is 11.8 Å². The van der Waals surface area contributed by atoms with Crippen molar-refractivity contribution in [3.8, 4) is 0 Å². The second kappa shape index (κ2) is 7.99. The molecule has 25 heavy (non-hydrogen) atoms. The number of carbonyl (C=O) groups is 3. The molecule has 1 aromatic heterocycles. The first-order chi connectivity index (χ1) is 12.1. The number of carbonyl (C=O) groups excluding carboxylic acids is 3.